The first kappa shape index (κ1) is 50.0. The molecule has 2 saturated carbocycles. The van der Waals surface area contributed by atoms with E-state index in [4.69, 9.17) is 0 Å². The molecule has 2 aromatic rings. The lowest BCUT2D eigenvalue weighted by atomic mass is 9.58. The minimum atomic E-state index is 0. The second-order valence-electron chi connectivity index (χ2n) is 19.9. The average Bonchev–Trinajstić information content (AvgIpc) is 3.09. The molecule has 6 heteroatoms. The van der Waals surface area contributed by atoms with Crippen molar-refractivity contribution in [1.82, 2.24) is 0 Å². The lowest BCUT2D eigenvalue weighted by Crippen LogP contribution is -2.37. The normalized spacial score (nSPS) is 24.0. The summed E-state index contributed by atoms with van der Waals surface area (Å²) >= 11 is 3.44. The van der Waals surface area contributed by atoms with E-state index in [1.807, 2.05) is 20.8 Å². The largest absolute Gasteiger partial charge is 0.300 e. The number of carbonyl (C=O) groups excluding carboxylic acids is 4. The predicted octanol–water partition coefficient (Wildman–Crippen LogP) is 13.9. The lowest BCUT2D eigenvalue weighted by Gasteiger charge is -2.47. The maximum absolute atomic E-state index is 12.6. The van der Waals surface area contributed by atoms with Crippen LogP contribution in [0.5, 0.6) is 0 Å². The number of carbonyl (C=O) groups is 4. The maximum atomic E-state index is 12.6. The summed E-state index contributed by atoms with van der Waals surface area (Å²) in [4.78, 5) is 51.9. The van der Waals surface area contributed by atoms with E-state index in [-0.39, 0.29) is 35.0 Å². The summed E-state index contributed by atoms with van der Waals surface area (Å²) in [6.07, 6.45) is 17.1. The van der Waals surface area contributed by atoms with Crippen LogP contribution >= 0.6 is 23.5 Å². The first-order chi connectivity index (χ1) is 25.7. The number of hydrogen-bond acceptors (Lipinski definition) is 6. The van der Waals surface area contributed by atoms with Crippen molar-refractivity contribution in [3.63, 3.8) is 0 Å². The summed E-state index contributed by atoms with van der Waals surface area (Å²) in [5.74, 6) is 2.47. The second kappa shape index (κ2) is 22.3. The molecule has 0 bridgehead atoms. The van der Waals surface area contributed by atoms with Gasteiger partial charge < -0.3 is 0 Å². The van der Waals surface area contributed by atoms with E-state index in [0.29, 0.717) is 79.9 Å². The van der Waals surface area contributed by atoms with Crippen molar-refractivity contribution in [2.24, 2.45) is 39.4 Å². The number of rotatable bonds is 18. The van der Waals surface area contributed by atoms with Crippen LogP contribution in [0.4, 0.5) is 0 Å². The van der Waals surface area contributed by atoms with Crippen LogP contribution in [0.2, 0.25) is 0 Å². The summed E-state index contributed by atoms with van der Waals surface area (Å²) < 4.78 is 0. The monoisotopic (exact) mass is 807 g/mol. The second-order valence-corrected chi connectivity index (χ2v) is 21.7. The van der Waals surface area contributed by atoms with Gasteiger partial charge in [-0.1, -0.05) is 94.0 Å². The molecule has 0 aliphatic heterocycles. The SMILES string of the molecule is C.CCC(=O)CC1CC(C)(C)CC(C)(CCC(=O)Cc2ccc(SC)cc2)C1.CSc1ccc(CC(=O)CCC2(C)CC(CC(=O)C(C)C)CC(C)(C)C2)cc1. The highest BCUT2D eigenvalue weighted by Crippen LogP contribution is 2.53. The van der Waals surface area contributed by atoms with Gasteiger partial charge in [-0.25, -0.2) is 0 Å². The van der Waals surface area contributed by atoms with E-state index in [9.17, 15) is 19.2 Å². The fourth-order valence-corrected chi connectivity index (χ4v) is 11.2. The predicted molar refractivity (Wildman–Crippen MR) is 242 cm³/mol. The zero-order chi connectivity index (χ0) is 41.0. The van der Waals surface area contributed by atoms with Crippen molar-refractivity contribution >= 4 is 46.7 Å². The standard InChI is InChI=1S/C25H38O2S.C24H36O2S.CH4/c1-18(2)23(27)14-20-15-24(3,4)17-25(5,16-20)12-11-21(26)13-19-7-9-22(28-6)10-8-19;1-6-20(25)14-19-15-23(2,3)17-24(4,16-19)12-11-21(26)13-18-7-9-22(27-5)10-8-18;/h7-10,18,20H,11-17H2,1-6H3;7-10,19H,6,11-17H2,1-5H3;1H4. The molecule has 0 radical (unpaired) electrons. The van der Waals surface area contributed by atoms with Crippen LogP contribution in [0.15, 0.2) is 58.3 Å². The molecule has 2 aromatic carbocycles. The third-order valence-electron chi connectivity index (χ3n) is 12.2. The molecule has 4 unspecified atom stereocenters. The van der Waals surface area contributed by atoms with Crippen molar-refractivity contribution in [2.75, 3.05) is 12.5 Å². The Morgan fingerprint density at radius 1 is 0.607 bits per heavy atom. The van der Waals surface area contributed by atoms with Gasteiger partial charge in [-0.2, -0.15) is 0 Å². The Kier molecular flexibility index (Phi) is 19.9. The van der Waals surface area contributed by atoms with Crippen molar-refractivity contribution in [3.8, 4) is 0 Å². The van der Waals surface area contributed by atoms with Crippen LogP contribution in [0.1, 0.15) is 164 Å². The van der Waals surface area contributed by atoms with Gasteiger partial charge in [-0.15, -0.1) is 23.5 Å². The Morgan fingerprint density at radius 3 is 1.32 bits per heavy atom. The summed E-state index contributed by atoms with van der Waals surface area (Å²) in [6.45, 7) is 19.9. The topological polar surface area (TPSA) is 68.3 Å². The van der Waals surface area contributed by atoms with E-state index in [0.717, 1.165) is 62.5 Å². The van der Waals surface area contributed by atoms with Crippen molar-refractivity contribution in [2.45, 2.75) is 176 Å². The number of Topliss-reactive ketones (excluding diaryl/α,β-unsaturated/α-hetero) is 4. The van der Waals surface area contributed by atoms with E-state index >= 15 is 0 Å². The number of thioether (sulfide) groups is 2. The van der Waals surface area contributed by atoms with E-state index in [1.54, 1.807) is 23.5 Å². The lowest BCUT2D eigenvalue weighted by molar-refractivity contribution is -0.124. The molecule has 0 spiro atoms. The summed E-state index contributed by atoms with van der Waals surface area (Å²) in [6, 6.07) is 16.7. The molecule has 0 amide bonds. The zero-order valence-corrected chi connectivity index (χ0v) is 38.0. The van der Waals surface area contributed by atoms with E-state index < -0.39 is 0 Å². The molecule has 4 nitrogen and oxygen atoms in total. The molecule has 0 saturated heterocycles. The van der Waals surface area contributed by atoms with Crippen LogP contribution in [0.3, 0.4) is 0 Å². The van der Waals surface area contributed by atoms with Gasteiger partial charge in [0, 0.05) is 60.7 Å². The molecule has 0 N–H and O–H groups in total. The minimum absolute atomic E-state index is 0. The highest BCUT2D eigenvalue weighted by Gasteiger charge is 2.43. The van der Waals surface area contributed by atoms with Crippen LogP contribution in [0.25, 0.3) is 0 Å². The van der Waals surface area contributed by atoms with Crippen LogP contribution in [-0.2, 0) is 32.0 Å². The van der Waals surface area contributed by atoms with Gasteiger partial charge in [0.05, 0.1) is 0 Å². The fraction of sp³-hybridized carbons (Fsp3) is 0.680. The van der Waals surface area contributed by atoms with Gasteiger partial charge in [0.1, 0.15) is 23.1 Å². The van der Waals surface area contributed by atoms with Crippen molar-refractivity contribution in [1.29, 1.82) is 0 Å². The third kappa shape index (κ3) is 17.4. The van der Waals surface area contributed by atoms with Gasteiger partial charge in [-0.3, -0.25) is 19.2 Å². The molecule has 2 aliphatic rings. The van der Waals surface area contributed by atoms with Gasteiger partial charge in [-0.05, 0) is 133 Å². The van der Waals surface area contributed by atoms with Gasteiger partial charge >= 0.3 is 0 Å². The van der Waals surface area contributed by atoms with E-state index in [2.05, 4.69) is 103 Å². The highest BCUT2D eigenvalue weighted by atomic mass is 32.2. The Bertz CT molecular complexity index is 1560. The molecular weight excluding hydrogens is 729 g/mol. The van der Waals surface area contributed by atoms with Crippen LogP contribution in [-0.4, -0.2) is 35.6 Å². The smallest absolute Gasteiger partial charge is 0.137 e. The van der Waals surface area contributed by atoms with Gasteiger partial charge in [0.15, 0.2) is 0 Å². The summed E-state index contributed by atoms with van der Waals surface area (Å²) in [5, 5.41) is 0. The first-order valence-electron chi connectivity index (χ1n) is 21.0. The van der Waals surface area contributed by atoms with Gasteiger partial charge in [0.25, 0.3) is 0 Å². The molecule has 56 heavy (non-hydrogen) atoms. The third-order valence-corrected chi connectivity index (χ3v) is 13.7. The molecule has 314 valence electrons. The Labute approximate surface area is 351 Å². The molecule has 2 fully saturated rings. The highest BCUT2D eigenvalue weighted by molar-refractivity contribution is 7.98. The molecule has 4 rings (SSSR count). The first-order valence-corrected chi connectivity index (χ1v) is 23.5. The summed E-state index contributed by atoms with van der Waals surface area (Å²) in [7, 11) is 0. The number of ketones is 4. The van der Waals surface area contributed by atoms with Gasteiger partial charge in [0.2, 0.25) is 0 Å². The Balaban J connectivity index is 0.000000380. The van der Waals surface area contributed by atoms with Crippen LogP contribution in [0, 0.1) is 39.4 Å². The van der Waals surface area contributed by atoms with Crippen LogP contribution < -0.4 is 0 Å². The number of hydrogen-bond donors (Lipinski definition) is 0. The summed E-state index contributed by atoms with van der Waals surface area (Å²) in [5.41, 5.74) is 3.03. The Morgan fingerprint density at radius 2 is 0.982 bits per heavy atom. The molecule has 2 aliphatic carbocycles. The average molecular weight is 807 g/mol. The Hall–Kier alpha value is -2.18. The molecule has 0 aromatic heterocycles. The molecule has 4 atom stereocenters. The van der Waals surface area contributed by atoms with Crippen molar-refractivity contribution in [3.05, 3.63) is 59.7 Å². The molecule has 0 heterocycles. The fourth-order valence-electron chi connectivity index (χ4n) is 10.4. The number of benzene rings is 2. The minimum Gasteiger partial charge on any atom is -0.300 e. The maximum Gasteiger partial charge on any atom is 0.137 e. The molecular formula is C50H78O4S2. The zero-order valence-electron chi connectivity index (χ0n) is 36.4. The van der Waals surface area contributed by atoms with Crippen molar-refractivity contribution < 1.29 is 19.2 Å². The quantitative estimate of drug-likeness (QED) is 0.140. The van der Waals surface area contributed by atoms with E-state index in [1.165, 1.54) is 9.79 Å².